The third kappa shape index (κ3) is 2.98. The van der Waals surface area contributed by atoms with E-state index in [0.717, 1.165) is 31.4 Å². The molecule has 0 aromatic heterocycles. The number of nitrogens with zero attached hydrogens (tertiary/aromatic N) is 1. The lowest BCUT2D eigenvalue weighted by Crippen LogP contribution is -2.45. The second-order valence-corrected chi connectivity index (χ2v) is 5.95. The zero-order valence-corrected chi connectivity index (χ0v) is 10.7. The zero-order valence-electron chi connectivity index (χ0n) is 9.89. The lowest BCUT2D eigenvalue weighted by Gasteiger charge is -2.26. The van der Waals surface area contributed by atoms with Crippen LogP contribution in [0.3, 0.4) is 0 Å². The van der Waals surface area contributed by atoms with Gasteiger partial charge in [0.2, 0.25) is 0 Å². The summed E-state index contributed by atoms with van der Waals surface area (Å²) in [5, 5.41) is 1.65. The van der Waals surface area contributed by atoms with E-state index in [1.165, 1.54) is 6.07 Å². The highest BCUT2D eigenvalue weighted by molar-refractivity contribution is 7.89. The Hall–Kier alpha value is -1.18. The van der Waals surface area contributed by atoms with Gasteiger partial charge in [0, 0.05) is 13.1 Å². The van der Waals surface area contributed by atoms with E-state index in [2.05, 4.69) is 4.83 Å². The summed E-state index contributed by atoms with van der Waals surface area (Å²) < 4.78 is 37.0. The highest BCUT2D eigenvalue weighted by Gasteiger charge is 2.22. The molecule has 5 nitrogen and oxygen atoms in total. The molecule has 0 unspecified atom stereocenters. The quantitative estimate of drug-likeness (QED) is 0.808. The summed E-state index contributed by atoms with van der Waals surface area (Å²) in [5.74, 6) is -0.551. The van der Waals surface area contributed by atoms with Crippen LogP contribution in [0.25, 0.3) is 0 Å². The molecule has 3 N–H and O–H groups in total. The van der Waals surface area contributed by atoms with Crippen molar-refractivity contribution in [1.29, 1.82) is 0 Å². The van der Waals surface area contributed by atoms with Crippen LogP contribution < -0.4 is 10.6 Å². The number of hydrogen-bond acceptors (Lipinski definition) is 4. The fourth-order valence-corrected chi connectivity index (χ4v) is 3.21. The molecular weight excluding hydrogens is 257 g/mol. The van der Waals surface area contributed by atoms with Gasteiger partial charge in [-0.25, -0.2) is 17.8 Å². The highest BCUT2D eigenvalue weighted by atomic mass is 32.2. The Bertz CT molecular complexity index is 527. The second kappa shape index (κ2) is 5.21. The smallest absolute Gasteiger partial charge is 0.255 e. The first-order valence-corrected chi connectivity index (χ1v) is 7.30. The summed E-state index contributed by atoms with van der Waals surface area (Å²) in [6, 6.07) is 3.27. The van der Waals surface area contributed by atoms with Crippen molar-refractivity contribution in [3.05, 3.63) is 24.0 Å². The van der Waals surface area contributed by atoms with Gasteiger partial charge in [0.25, 0.3) is 10.0 Å². The average molecular weight is 273 g/mol. The molecule has 0 atom stereocenters. The van der Waals surface area contributed by atoms with Crippen LogP contribution >= 0.6 is 0 Å². The minimum atomic E-state index is -3.72. The molecule has 1 saturated heterocycles. The molecule has 1 aliphatic heterocycles. The number of sulfonamides is 1. The van der Waals surface area contributed by atoms with E-state index in [1.807, 2.05) is 0 Å². The number of hydrogen-bond donors (Lipinski definition) is 2. The number of halogens is 1. The molecule has 1 heterocycles. The first-order valence-electron chi connectivity index (χ1n) is 5.81. The van der Waals surface area contributed by atoms with Gasteiger partial charge in [0.15, 0.2) is 0 Å². The lowest BCUT2D eigenvalue weighted by atomic mass is 10.2. The zero-order chi connectivity index (χ0) is 13.2. The standard InChI is InChI=1S/C11H16FN3O2S/c12-9-4-5-11(10(13)8-9)18(16,17)14-15-6-2-1-3-7-15/h4-5,8,14H,1-3,6-7,13H2. The van der Waals surface area contributed by atoms with E-state index >= 15 is 0 Å². The van der Waals surface area contributed by atoms with Crippen LogP contribution in [-0.4, -0.2) is 26.5 Å². The molecule has 0 aliphatic carbocycles. The number of benzene rings is 1. The first-order chi connectivity index (χ1) is 8.49. The number of anilines is 1. The van der Waals surface area contributed by atoms with E-state index in [9.17, 15) is 12.8 Å². The molecule has 0 amide bonds. The number of piperidine rings is 1. The summed E-state index contributed by atoms with van der Waals surface area (Å²) in [4.78, 5) is 2.39. The van der Waals surface area contributed by atoms with Gasteiger partial charge in [0.1, 0.15) is 10.7 Å². The molecule has 1 aliphatic rings. The summed E-state index contributed by atoms with van der Waals surface area (Å²) >= 11 is 0. The Morgan fingerprint density at radius 3 is 2.50 bits per heavy atom. The predicted molar refractivity (Wildman–Crippen MR) is 66.6 cm³/mol. The molecule has 1 fully saturated rings. The highest BCUT2D eigenvalue weighted by Crippen LogP contribution is 2.19. The van der Waals surface area contributed by atoms with Crippen LogP contribution in [0.5, 0.6) is 0 Å². The van der Waals surface area contributed by atoms with Crippen LogP contribution in [-0.2, 0) is 10.0 Å². The number of rotatable bonds is 3. The Labute approximate surface area is 106 Å². The third-order valence-corrected chi connectivity index (χ3v) is 4.32. The number of nitrogen functional groups attached to an aromatic ring is 1. The van der Waals surface area contributed by atoms with Crippen molar-refractivity contribution in [3.8, 4) is 0 Å². The third-order valence-electron chi connectivity index (χ3n) is 2.87. The molecular formula is C11H16FN3O2S. The van der Waals surface area contributed by atoms with E-state index in [0.29, 0.717) is 13.1 Å². The van der Waals surface area contributed by atoms with Crippen LogP contribution in [0.4, 0.5) is 10.1 Å². The van der Waals surface area contributed by atoms with Gasteiger partial charge >= 0.3 is 0 Å². The Balaban J connectivity index is 2.19. The molecule has 0 bridgehead atoms. The Kier molecular flexibility index (Phi) is 3.84. The maximum Gasteiger partial charge on any atom is 0.255 e. The molecule has 18 heavy (non-hydrogen) atoms. The van der Waals surface area contributed by atoms with E-state index < -0.39 is 15.8 Å². The first kappa shape index (κ1) is 13.3. The van der Waals surface area contributed by atoms with E-state index in [-0.39, 0.29) is 10.6 Å². The molecule has 1 aromatic carbocycles. The molecule has 0 saturated carbocycles. The largest absolute Gasteiger partial charge is 0.398 e. The maximum absolute atomic E-state index is 12.9. The van der Waals surface area contributed by atoms with Crippen LogP contribution in [0.15, 0.2) is 23.1 Å². The molecule has 7 heteroatoms. The minimum absolute atomic E-state index is 0.0838. The summed E-state index contributed by atoms with van der Waals surface area (Å²) in [7, 11) is -3.72. The van der Waals surface area contributed by atoms with Gasteiger partial charge < -0.3 is 5.73 Å². The maximum atomic E-state index is 12.9. The van der Waals surface area contributed by atoms with Gasteiger partial charge in [-0.2, -0.15) is 0 Å². The average Bonchev–Trinajstić information content (AvgIpc) is 2.29. The summed E-state index contributed by atoms with van der Waals surface area (Å²) in [6.07, 6.45) is 3.03. The fourth-order valence-electron chi connectivity index (χ4n) is 1.97. The predicted octanol–water partition coefficient (Wildman–Crippen LogP) is 1.09. The Morgan fingerprint density at radius 1 is 1.22 bits per heavy atom. The Morgan fingerprint density at radius 2 is 1.89 bits per heavy atom. The van der Waals surface area contributed by atoms with Crippen molar-refractivity contribution in [2.45, 2.75) is 24.2 Å². The SMILES string of the molecule is Nc1cc(F)ccc1S(=O)(=O)NN1CCCCC1. The van der Waals surface area contributed by atoms with E-state index in [4.69, 9.17) is 5.73 Å². The minimum Gasteiger partial charge on any atom is -0.398 e. The monoisotopic (exact) mass is 273 g/mol. The van der Waals surface area contributed by atoms with Crippen LogP contribution in [0.1, 0.15) is 19.3 Å². The van der Waals surface area contributed by atoms with Gasteiger partial charge in [-0.1, -0.05) is 6.42 Å². The van der Waals surface area contributed by atoms with Crippen molar-refractivity contribution in [2.75, 3.05) is 18.8 Å². The molecule has 100 valence electrons. The van der Waals surface area contributed by atoms with Gasteiger partial charge in [-0.05, 0) is 31.0 Å². The number of hydrazine groups is 1. The normalized spacial score (nSPS) is 17.8. The molecule has 1 aromatic rings. The summed E-state index contributed by atoms with van der Waals surface area (Å²) in [6.45, 7) is 1.36. The van der Waals surface area contributed by atoms with E-state index in [1.54, 1.807) is 5.01 Å². The molecule has 2 rings (SSSR count). The molecule has 0 spiro atoms. The van der Waals surface area contributed by atoms with Crippen LogP contribution in [0, 0.1) is 5.82 Å². The summed E-state index contributed by atoms with van der Waals surface area (Å²) in [5.41, 5.74) is 5.45. The van der Waals surface area contributed by atoms with Crippen molar-refractivity contribution < 1.29 is 12.8 Å². The van der Waals surface area contributed by atoms with Crippen molar-refractivity contribution >= 4 is 15.7 Å². The molecule has 0 radical (unpaired) electrons. The topological polar surface area (TPSA) is 75.4 Å². The van der Waals surface area contributed by atoms with Crippen molar-refractivity contribution in [1.82, 2.24) is 9.84 Å². The lowest BCUT2D eigenvalue weighted by molar-refractivity contribution is 0.200. The van der Waals surface area contributed by atoms with Gasteiger partial charge in [-0.3, -0.25) is 0 Å². The van der Waals surface area contributed by atoms with Gasteiger partial charge in [0.05, 0.1) is 5.69 Å². The number of nitrogens with two attached hydrogens (primary N) is 1. The fraction of sp³-hybridized carbons (Fsp3) is 0.455. The van der Waals surface area contributed by atoms with Crippen molar-refractivity contribution in [3.63, 3.8) is 0 Å². The number of nitrogens with one attached hydrogen (secondary N) is 1. The second-order valence-electron chi connectivity index (χ2n) is 4.32. The van der Waals surface area contributed by atoms with Gasteiger partial charge in [-0.15, -0.1) is 4.83 Å². The van der Waals surface area contributed by atoms with Crippen molar-refractivity contribution in [2.24, 2.45) is 0 Å². The van der Waals surface area contributed by atoms with Crippen LogP contribution in [0.2, 0.25) is 0 Å².